The Labute approximate surface area is 92.9 Å². The molecule has 2 aromatic rings. The lowest BCUT2D eigenvalue weighted by Gasteiger charge is -2.07. The average molecular weight is 242 g/mol. The number of tetrazole rings is 1. The summed E-state index contributed by atoms with van der Waals surface area (Å²) in [5, 5.41) is 9.13. The number of aromatic nitrogens is 4. The molecule has 0 N–H and O–H groups in total. The Hall–Kier alpha value is -2.25. The molecule has 0 atom stereocenters. The van der Waals surface area contributed by atoms with Gasteiger partial charge >= 0.3 is 6.18 Å². The maximum absolute atomic E-state index is 12.5. The highest BCUT2D eigenvalue weighted by Gasteiger charge is 2.38. The Bertz CT molecular complexity index is 549. The van der Waals surface area contributed by atoms with Gasteiger partial charge in [-0.2, -0.15) is 17.9 Å². The number of hydrogen-bond donors (Lipinski definition) is 0. The van der Waals surface area contributed by atoms with Gasteiger partial charge in [-0.15, -0.1) is 5.10 Å². The predicted octanol–water partition coefficient (Wildman–Crippen LogP) is 1.49. The number of benzene rings is 1. The summed E-state index contributed by atoms with van der Waals surface area (Å²) in [5.74, 6) is -1.24. The van der Waals surface area contributed by atoms with Gasteiger partial charge in [0.2, 0.25) is 0 Å². The Morgan fingerprint density at radius 1 is 1.29 bits per heavy atom. The molecule has 1 aromatic heterocycles. The van der Waals surface area contributed by atoms with Gasteiger partial charge in [-0.3, -0.25) is 4.79 Å². The van der Waals surface area contributed by atoms with Crippen LogP contribution in [0.1, 0.15) is 16.2 Å². The second-order valence-corrected chi connectivity index (χ2v) is 3.12. The topological polar surface area (TPSA) is 60.7 Å². The third-order valence-electron chi connectivity index (χ3n) is 1.97. The number of carbonyl (C=O) groups is 1. The van der Waals surface area contributed by atoms with Gasteiger partial charge in [0.15, 0.2) is 0 Å². The van der Waals surface area contributed by atoms with E-state index in [1.54, 1.807) is 0 Å². The number of alkyl halides is 3. The zero-order valence-electron chi connectivity index (χ0n) is 8.22. The number of aldehydes is 1. The molecule has 2 rings (SSSR count). The van der Waals surface area contributed by atoms with Crippen LogP contribution in [-0.4, -0.2) is 26.5 Å². The van der Waals surface area contributed by atoms with Crippen LogP contribution in [-0.2, 0) is 6.18 Å². The summed E-state index contributed by atoms with van der Waals surface area (Å²) in [5.41, 5.74) is 0.318. The van der Waals surface area contributed by atoms with Crippen molar-refractivity contribution in [2.75, 3.05) is 0 Å². The van der Waals surface area contributed by atoms with E-state index >= 15 is 0 Å². The molecule has 0 bridgehead atoms. The van der Waals surface area contributed by atoms with Gasteiger partial charge in [0, 0.05) is 5.56 Å². The summed E-state index contributed by atoms with van der Waals surface area (Å²) in [7, 11) is 0. The lowest BCUT2D eigenvalue weighted by atomic mass is 10.2. The Balaban J connectivity index is 2.53. The summed E-state index contributed by atoms with van der Waals surface area (Å²) >= 11 is 0. The summed E-state index contributed by atoms with van der Waals surface area (Å²) in [4.78, 5) is 10.5. The molecule has 8 heteroatoms. The minimum Gasteiger partial charge on any atom is -0.298 e. The Morgan fingerprint density at radius 2 is 2.06 bits per heavy atom. The fourth-order valence-electron chi connectivity index (χ4n) is 1.27. The quantitative estimate of drug-likeness (QED) is 0.748. The zero-order chi connectivity index (χ0) is 12.5. The maximum atomic E-state index is 12.5. The third kappa shape index (κ3) is 2.14. The van der Waals surface area contributed by atoms with E-state index in [1.165, 1.54) is 24.3 Å². The first-order valence-corrected chi connectivity index (χ1v) is 4.43. The number of nitrogens with zero attached hydrogens (tertiary/aromatic N) is 4. The SMILES string of the molecule is O=Cc1cccc(-n2nnnc2C(F)(F)F)c1. The first-order valence-electron chi connectivity index (χ1n) is 4.43. The minimum absolute atomic E-state index is 0.0759. The van der Waals surface area contributed by atoms with E-state index in [2.05, 4.69) is 15.5 Å². The van der Waals surface area contributed by atoms with Crippen LogP contribution in [0.25, 0.3) is 5.69 Å². The second kappa shape index (κ2) is 3.96. The Morgan fingerprint density at radius 3 is 2.71 bits per heavy atom. The molecule has 1 heterocycles. The standard InChI is InChI=1S/C9H5F3N4O/c10-9(11,12)8-13-14-15-16(8)7-3-1-2-6(4-7)5-17/h1-5H. The van der Waals surface area contributed by atoms with Gasteiger partial charge < -0.3 is 0 Å². The molecule has 0 aliphatic heterocycles. The molecule has 0 radical (unpaired) electrons. The number of rotatable bonds is 2. The first-order chi connectivity index (χ1) is 8.02. The molecule has 88 valence electrons. The summed E-state index contributed by atoms with van der Waals surface area (Å²) in [6.45, 7) is 0. The first kappa shape index (κ1) is 11.2. The zero-order valence-corrected chi connectivity index (χ0v) is 8.22. The van der Waals surface area contributed by atoms with Gasteiger partial charge in [-0.25, -0.2) is 0 Å². The smallest absolute Gasteiger partial charge is 0.298 e. The van der Waals surface area contributed by atoms with Gasteiger partial charge in [0.05, 0.1) is 5.69 Å². The molecule has 0 unspecified atom stereocenters. The highest BCUT2D eigenvalue weighted by atomic mass is 19.4. The van der Waals surface area contributed by atoms with Crippen molar-refractivity contribution in [3.63, 3.8) is 0 Å². The summed E-state index contributed by atoms with van der Waals surface area (Å²) in [6.07, 6.45) is -4.12. The van der Waals surface area contributed by atoms with Crippen molar-refractivity contribution < 1.29 is 18.0 Å². The predicted molar refractivity (Wildman–Crippen MR) is 49.5 cm³/mol. The fourth-order valence-corrected chi connectivity index (χ4v) is 1.27. The molecule has 1 aromatic carbocycles. The van der Waals surface area contributed by atoms with Crippen molar-refractivity contribution in [3.8, 4) is 5.69 Å². The van der Waals surface area contributed by atoms with Crippen LogP contribution in [0.2, 0.25) is 0 Å². The molecule has 0 fully saturated rings. The van der Waals surface area contributed by atoms with E-state index in [0.29, 0.717) is 11.0 Å². The van der Waals surface area contributed by atoms with E-state index in [-0.39, 0.29) is 11.3 Å². The van der Waals surface area contributed by atoms with Crippen molar-refractivity contribution in [1.29, 1.82) is 0 Å². The van der Waals surface area contributed by atoms with Crippen molar-refractivity contribution in [2.24, 2.45) is 0 Å². The van der Waals surface area contributed by atoms with E-state index in [0.717, 1.165) is 0 Å². The maximum Gasteiger partial charge on any atom is 0.453 e. The van der Waals surface area contributed by atoms with E-state index in [9.17, 15) is 18.0 Å². The van der Waals surface area contributed by atoms with Crippen LogP contribution >= 0.6 is 0 Å². The second-order valence-electron chi connectivity index (χ2n) is 3.12. The van der Waals surface area contributed by atoms with Crippen LogP contribution in [0, 0.1) is 0 Å². The number of carbonyl (C=O) groups excluding carboxylic acids is 1. The van der Waals surface area contributed by atoms with Crippen molar-refractivity contribution in [3.05, 3.63) is 35.7 Å². The highest BCUT2D eigenvalue weighted by Crippen LogP contribution is 2.28. The van der Waals surface area contributed by atoms with Crippen molar-refractivity contribution in [1.82, 2.24) is 20.2 Å². The van der Waals surface area contributed by atoms with Crippen LogP contribution in [0.4, 0.5) is 13.2 Å². The van der Waals surface area contributed by atoms with Gasteiger partial charge in [-0.05, 0) is 22.6 Å². The number of hydrogen-bond acceptors (Lipinski definition) is 4. The molecule has 0 amide bonds. The van der Waals surface area contributed by atoms with Crippen LogP contribution in [0.15, 0.2) is 24.3 Å². The molecular weight excluding hydrogens is 237 g/mol. The highest BCUT2D eigenvalue weighted by molar-refractivity contribution is 5.75. The van der Waals surface area contributed by atoms with Gasteiger partial charge in [-0.1, -0.05) is 12.1 Å². The van der Waals surface area contributed by atoms with Gasteiger partial charge in [0.25, 0.3) is 5.82 Å². The number of halogens is 3. The fraction of sp³-hybridized carbons (Fsp3) is 0.111. The van der Waals surface area contributed by atoms with Crippen LogP contribution < -0.4 is 0 Å². The van der Waals surface area contributed by atoms with Crippen LogP contribution in [0.5, 0.6) is 0 Å². The van der Waals surface area contributed by atoms with E-state index in [4.69, 9.17) is 0 Å². The van der Waals surface area contributed by atoms with Crippen LogP contribution in [0.3, 0.4) is 0 Å². The molecular formula is C9H5F3N4O. The van der Waals surface area contributed by atoms with E-state index in [1.807, 2.05) is 0 Å². The average Bonchev–Trinajstić information content (AvgIpc) is 2.77. The van der Waals surface area contributed by atoms with Crippen molar-refractivity contribution >= 4 is 6.29 Å². The van der Waals surface area contributed by atoms with Gasteiger partial charge in [0.1, 0.15) is 6.29 Å². The molecule has 0 aliphatic carbocycles. The molecule has 17 heavy (non-hydrogen) atoms. The molecule has 0 aliphatic rings. The normalized spacial score (nSPS) is 11.5. The third-order valence-corrected chi connectivity index (χ3v) is 1.97. The van der Waals surface area contributed by atoms with E-state index < -0.39 is 12.0 Å². The summed E-state index contributed by atoms with van der Waals surface area (Å²) < 4.78 is 38.1. The summed E-state index contributed by atoms with van der Waals surface area (Å²) in [6, 6.07) is 5.55. The largest absolute Gasteiger partial charge is 0.453 e. The monoisotopic (exact) mass is 242 g/mol. The Kier molecular flexibility index (Phi) is 2.62. The molecule has 0 spiro atoms. The minimum atomic E-state index is -4.65. The molecule has 0 saturated carbocycles. The molecule has 5 nitrogen and oxygen atoms in total. The lowest BCUT2D eigenvalue weighted by molar-refractivity contribution is -0.146. The molecule has 0 saturated heterocycles. The van der Waals surface area contributed by atoms with Crippen molar-refractivity contribution in [2.45, 2.75) is 6.18 Å². The lowest BCUT2D eigenvalue weighted by Crippen LogP contribution is -2.14.